The molecule has 0 saturated carbocycles. The summed E-state index contributed by atoms with van der Waals surface area (Å²) in [6, 6.07) is 10.9. The van der Waals surface area contributed by atoms with Crippen molar-refractivity contribution in [2.75, 3.05) is 0 Å². The van der Waals surface area contributed by atoms with Gasteiger partial charge in [-0.25, -0.2) is 9.37 Å². The minimum Gasteiger partial charge on any atom is -0.454 e. The van der Waals surface area contributed by atoms with Crippen molar-refractivity contribution in [1.82, 2.24) is 9.97 Å². The predicted molar refractivity (Wildman–Crippen MR) is 72.0 cm³/mol. The van der Waals surface area contributed by atoms with Gasteiger partial charge in [0, 0.05) is 0 Å². The molecule has 1 N–H and O–H groups in total. The summed E-state index contributed by atoms with van der Waals surface area (Å²) >= 11 is 0. The Balaban J connectivity index is 2.06. The number of aromatic amines is 1. The van der Waals surface area contributed by atoms with Crippen LogP contribution in [-0.4, -0.2) is 9.97 Å². The van der Waals surface area contributed by atoms with Crippen LogP contribution in [0.4, 0.5) is 4.39 Å². The van der Waals surface area contributed by atoms with Crippen LogP contribution in [0.25, 0.3) is 11.0 Å². The maximum absolute atomic E-state index is 14.3. The van der Waals surface area contributed by atoms with Crippen molar-refractivity contribution in [1.29, 1.82) is 0 Å². The molecule has 0 unspecified atom stereocenters. The Labute approximate surface area is 110 Å². The van der Waals surface area contributed by atoms with E-state index < -0.39 is 5.82 Å². The fourth-order valence-electron chi connectivity index (χ4n) is 2.01. The van der Waals surface area contributed by atoms with Crippen LogP contribution < -0.4 is 4.74 Å². The van der Waals surface area contributed by atoms with Gasteiger partial charge in [0.25, 0.3) is 0 Å². The topological polar surface area (TPSA) is 37.9 Å². The van der Waals surface area contributed by atoms with E-state index in [4.69, 9.17) is 4.74 Å². The molecule has 0 amide bonds. The molecule has 1 heterocycles. The molecule has 3 rings (SSSR count). The third kappa shape index (κ3) is 2.05. The molecule has 4 heteroatoms. The quantitative estimate of drug-likeness (QED) is 0.749. The van der Waals surface area contributed by atoms with Crippen LogP contribution in [-0.2, 0) is 0 Å². The van der Waals surface area contributed by atoms with E-state index in [2.05, 4.69) is 9.97 Å². The highest BCUT2D eigenvalue weighted by Crippen LogP contribution is 2.30. The standard InChI is InChI=1S/C15H13FN2O/c1-9-5-3-4-6-12(9)19-13-8-7-11-15(14(13)16)18-10(2)17-11/h3-8H,1-2H3,(H,17,18). The first kappa shape index (κ1) is 11.7. The van der Waals surface area contributed by atoms with Crippen molar-refractivity contribution in [2.24, 2.45) is 0 Å². The molecule has 0 aliphatic carbocycles. The van der Waals surface area contributed by atoms with Crippen LogP contribution in [0.5, 0.6) is 11.5 Å². The van der Waals surface area contributed by atoms with E-state index in [0.29, 0.717) is 22.6 Å². The lowest BCUT2D eigenvalue weighted by Crippen LogP contribution is -1.91. The number of hydrogen-bond acceptors (Lipinski definition) is 2. The van der Waals surface area contributed by atoms with Crippen LogP contribution in [0.1, 0.15) is 11.4 Å². The fraction of sp³-hybridized carbons (Fsp3) is 0.133. The van der Waals surface area contributed by atoms with E-state index in [9.17, 15) is 4.39 Å². The molecule has 2 aromatic carbocycles. The van der Waals surface area contributed by atoms with Crippen molar-refractivity contribution in [3.8, 4) is 11.5 Å². The zero-order chi connectivity index (χ0) is 13.4. The van der Waals surface area contributed by atoms with Crippen molar-refractivity contribution in [2.45, 2.75) is 13.8 Å². The number of hydrogen-bond donors (Lipinski definition) is 1. The smallest absolute Gasteiger partial charge is 0.193 e. The number of fused-ring (bicyclic) bond motifs is 1. The molecule has 0 aliphatic rings. The first-order valence-electron chi connectivity index (χ1n) is 6.03. The number of aromatic nitrogens is 2. The molecule has 3 aromatic rings. The van der Waals surface area contributed by atoms with Gasteiger partial charge in [0.2, 0.25) is 0 Å². The lowest BCUT2D eigenvalue weighted by molar-refractivity contribution is 0.442. The number of halogens is 1. The highest BCUT2D eigenvalue weighted by Gasteiger charge is 2.13. The first-order valence-corrected chi connectivity index (χ1v) is 6.03. The molecule has 0 radical (unpaired) electrons. The summed E-state index contributed by atoms with van der Waals surface area (Å²) in [6.45, 7) is 3.71. The van der Waals surface area contributed by atoms with Gasteiger partial charge in [0.15, 0.2) is 11.6 Å². The molecule has 0 spiro atoms. The van der Waals surface area contributed by atoms with Gasteiger partial charge >= 0.3 is 0 Å². The summed E-state index contributed by atoms with van der Waals surface area (Å²) < 4.78 is 19.9. The van der Waals surface area contributed by atoms with Gasteiger partial charge < -0.3 is 9.72 Å². The fourth-order valence-corrected chi connectivity index (χ4v) is 2.01. The van der Waals surface area contributed by atoms with Crippen LogP contribution in [0, 0.1) is 19.7 Å². The van der Waals surface area contributed by atoms with E-state index in [-0.39, 0.29) is 5.75 Å². The highest BCUT2D eigenvalue weighted by atomic mass is 19.1. The second kappa shape index (κ2) is 4.39. The van der Waals surface area contributed by atoms with Crippen LogP contribution >= 0.6 is 0 Å². The lowest BCUT2D eigenvalue weighted by atomic mass is 10.2. The molecule has 0 atom stereocenters. The number of benzene rings is 2. The van der Waals surface area contributed by atoms with E-state index in [0.717, 1.165) is 5.56 Å². The van der Waals surface area contributed by atoms with Crippen LogP contribution in [0.3, 0.4) is 0 Å². The number of para-hydroxylation sites is 1. The molecule has 3 nitrogen and oxygen atoms in total. The Kier molecular flexibility index (Phi) is 2.71. The predicted octanol–water partition coefficient (Wildman–Crippen LogP) is 4.11. The molecule has 0 bridgehead atoms. The second-order valence-electron chi connectivity index (χ2n) is 4.46. The normalized spacial score (nSPS) is 10.9. The molecular weight excluding hydrogens is 243 g/mol. The van der Waals surface area contributed by atoms with E-state index >= 15 is 0 Å². The van der Waals surface area contributed by atoms with Gasteiger partial charge in [-0.1, -0.05) is 18.2 Å². The Hall–Kier alpha value is -2.36. The number of nitrogens with one attached hydrogen (secondary N) is 1. The minimum absolute atomic E-state index is 0.188. The number of rotatable bonds is 2. The third-order valence-electron chi connectivity index (χ3n) is 2.99. The van der Waals surface area contributed by atoms with E-state index in [1.54, 1.807) is 19.1 Å². The summed E-state index contributed by atoms with van der Waals surface area (Å²) in [5, 5.41) is 0. The summed E-state index contributed by atoms with van der Waals surface area (Å²) in [5.41, 5.74) is 1.94. The van der Waals surface area contributed by atoms with Crippen molar-refractivity contribution < 1.29 is 9.13 Å². The average molecular weight is 256 g/mol. The molecule has 0 aliphatic heterocycles. The van der Waals surface area contributed by atoms with Crippen molar-refractivity contribution in [3.05, 3.63) is 53.6 Å². The maximum atomic E-state index is 14.3. The monoisotopic (exact) mass is 256 g/mol. The molecule has 19 heavy (non-hydrogen) atoms. The Morgan fingerprint density at radius 2 is 1.84 bits per heavy atom. The number of nitrogens with zero attached hydrogens (tertiary/aromatic N) is 1. The van der Waals surface area contributed by atoms with Gasteiger partial charge in [-0.15, -0.1) is 0 Å². The van der Waals surface area contributed by atoms with Crippen molar-refractivity contribution in [3.63, 3.8) is 0 Å². The number of ether oxygens (including phenoxy) is 1. The Morgan fingerprint density at radius 1 is 1.05 bits per heavy atom. The third-order valence-corrected chi connectivity index (χ3v) is 2.99. The van der Waals surface area contributed by atoms with Crippen molar-refractivity contribution >= 4 is 11.0 Å². The van der Waals surface area contributed by atoms with Gasteiger partial charge in [-0.3, -0.25) is 0 Å². The molecular formula is C15H13FN2O. The number of H-pyrrole nitrogens is 1. The molecule has 0 fully saturated rings. The molecule has 96 valence electrons. The van der Waals surface area contributed by atoms with Crippen LogP contribution in [0.2, 0.25) is 0 Å². The largest absolute Gasteiger partial charge is 0.454 e. The van der Waals surface area contributed by atoms with Gasteiger partial charge in [-0.05, 0) is 37.6 Å². The average Bonchev–Trinajstić information content (AvgIpc) is 2.77. The van der Waals surface area contributed by atoms with E-state index in [1.165, 1.54) is 0 Å². The lowest BCUT2D eigenvalue weighted by Gasteiger charge is -2.09. The summed E-state index contributed by atoms with van der Waals surface area (Å²) in [7, 11) is 0. The summed E-state index contributed by atoms with van der Waals surface area (Å²) in [6.07, 6.45) is 0. The summed E-state index contributed by atoms with van der Waals surface area (Å²) in [4.78, 5) is 7.12. The zero-order valence-electron chi connectivity index (χ0n) is 10.7. The Morgan fingerprint density at radius 3 is 2.63 bits per heavy atom. The molecule has 1 aromatic heterocycles. The van der Waals surface area contributed by atoms with Gasteiger partial charge in [0.1, 0.15) is 17.1 Å². The maximum Gasteiger partial charge on any atom is 0.193 e. The van der Waals surface area contributed by atoms with Gasteiger partial charge in [-0.2, -0.15) is 0 Å². The van der Waals surface area contributed by atoms with Gasteiger partial charge in [0.05, 0.1) is 5.52 Å². The highest BCUT2D eigenvalue weighted by molar-refractivity contribution is 5.77. The zero-order valence-corrected chi connectivity index (χ0v) is 10.7. The minimum atomic E-state index is -0.440. The van der Waals surface area contributed by atoms with E-state index in [1.807, 2.05) is 31.2 Å². The SMILES string of the molecule is Cc1nc2c(F)c(Oc3ccccc3C)ccc2[nH]1. The Bertz CT molecular complexity index is 749. The second-order valence-corrected chi connectivity index (χ2v) is 4.46. The molecule has 0 saturated heterocycles. The first-order chi connectivity index (χ1) is 9.15. The number of aryl methyl sites for hydroxylation is 2. The van der Waals surface area contributed by atoms with Crippen LogP contribution in [0.15, 0.2) is 36.4 Å². The number of imidazole rings is 1. The summed E-state index contributed by atoms with van der Waals surface area (Å²) in [5.74, 6) is 1.08.